The maximum atomic E-state index is 5.68. The molecule has 0 unspecified atom stereocenters. The molecule has 0 spiro atoms. The van der Waals surface area contributed by atoms with Crippen LogP contribution in [0.3, 0.4) is 0 Å². The first kappa shape index (κ1) is 8.31. The van der Waals surface area contributed by atoms with Crippen molar-refractivity contribution < 1.29 is 0 Å². The fraction of sp³-hybridized carbons (Fsp3) is 0. The van der Waals surface area contributed by atoms with Crippen molar-refractivity contribution in [3.8, 4) is 0 Å². The molecule has 2 aromatic rings. The number of nitrogen functional groups attached to an aromatic ring is 1. The summed E-state index contributed by atoms with van der Waals surface area (Å²) in [4.78, 5) is 0. The second kappa shape index (κ2) is 2.88. The third-order valence-electron chi connectivity index (χ3n) is 1.65. The number of anilines is 1. The number of halogens is 2. The molecule has 1 aromatic carbocycles. The molecule has 1 aromatic heterocycles. The van der Waals surface area contributed by atoms with Crippen molar-refractivity contribution in [3.05, 3.63) is 20.2 Å². The Morgan fingerprint density at radius 2 is 2.25 bits per heavy atom. The van der Waals surface area contributed by atoms with Crippen LogP contribution in [0.1, 0.15) is 0 Å². The molecule has 3 N–H and O–H groups in total. The highest BCUT2D eigenvalue weighted by Gasteiger charge is 2.08. The van der Waals surface area contributed by atoms with Crippen LogP contribution in [0.4, 0.5) is 5.82 Å². The molecule has 0 saturated carbocycles. The van der Waals surface area contributed by atoms with Gasteiger partial charge in [-0.25, -0.2) is 0 Å². The van der Waals surface area contributed by atoms with Crippen molar-refractivity contribution in [2.45, 2.75) is 0 Å². The number of aromatic amines is 1. The monoisotopic (exact) mass is 337 g/mol. The van der Waals surface area contributed by atoms with E-state index in [0.717, 1.165) is 18.9 Å². The molecule has 3 nitrogen and oxygen atoms in total. The lowest BCUT2D eigenvalue weighted by molar-refractivity contribution is 1.12. The number of nitrogens with two attached hydrogens (primary N) is 1. The number of hydrogen-bond donors (Lipinski definition) is 2. The lowest BCUT2D eigenvalue weighted by Gasteiger charge is -1.95. The number of nitrogens with zero attached hydrogens (tertiary/aromatic N) is 1. The van der Waals surface area contributed by atoms with Crippen molar-refractivity contribution >= 4 is 55.2 Å². The summed E-state index contributed by atoms with van der Waals surface area (Å²) in [6.07, 6.45) is 0. The largest absolute Gasteiger partial charge is 0.382 e. The molecule has 62 valence electrons. The number of hydrogen-bond acceptors (Lipinski definition) is 2. The standard InChI is InChI=1S/C7H5BrIN3/c8-3-1-2-4(9)5-6(3)11-12-7(5)10/h1-2H,(H3,10,11,12). The first-order valence-corrected chi connectivity index (χ1v) is 5.15. The molecule has 0 aliphatic rings. The molecule has 1 heterocycles. The van der Waals surface area contributed by atoms with Crippen molar-refractivity contribution in [1.29, 1.82) is 0 Å². The van der Waals surface area contributed by atoms with E-state index in [4.69, 9.17) is 5.73 Å². The van der Waals surface area contributed by atoms with Crippen molar-refractivity contribution in [1.82, 2.24) is 10.2 Å². The van der Waals surface area contributed by atoms with Gasteiger partial charge in [0.15, 0.2) is 5.82 Å². The summed E-state index contributed by atoms with van der Waals surface area (Å²) in [5, 5.41) is 7.80. The maximum absolute atomic E-state index is 5.68. The summed E-state index contributed by atoms with van der Waals surface area (Å²) in [6, 6.07) is 3.97. The van der Waals surface area contributed by atoms with E-state index in [1.165, 1.54) is 0 Å². The van der Waals surface area contributed by atoms with Gasteiger partial charge >= 0.3 is 0 Å². The number of benzene rings is 1. The van der Waals surface area contributed by atoms with Crippen LogP contribution < -0.4 is 5.73 Å². The lowest BCUT2D eigenvalue weighted by Crippen LogP contribution is -1.85. The third kappa shape index (κ3) is 1.11. The Morgan fingerprint density at radius 3 is 2.92 bits per heavy atom. The molecule has 0 bridgehead atoms. The quantitative estimate of drug-likeness (QED) is 0.726. The molecule has 2 rings (SSSR count). The molecule has 12 heavy (non-hydrogen) atoms. The maximum Gasteiger partial charge on any atom is 0.154 e. The highest BCUT2D eigenvalue weighted by atomic mass is 127. The van der Waals surface area contributed by atoms with Crippen LogP contribution in [0, 0.1) is 3.57 Å². The zero-order valence-corrected chi connectivity index (χ0v) is 9.68. The van der Waals surface area contributed by atoms with Crippen LogP contribution in [-0.2, 0) is 0 Å². The Labute approximate surface area is 91.0 Å². The number of aromatic nitrogens is 2. The van der Waals surface area contributed by atoms with Crippen LogP contribution in [0.5, 0.6) is 0 Å². The molecular formula is C7H5BrIN3. The minimum Gasteiger partial charge on any atom is -0.382 e. The van der Waals surface area contributed by atoms with Gasteiger partial charge in [0.05, 0.1) is 10.9 Å². The van der Waals surface area contributed by atoms with Crippen LogP contribution in [-0.4, -0.2) is 10.2 Å². The highest BCUT2D eigenvalue weighted by molar-refractivity contribution is 14.1. The zero-order valence-electron chi connectivity index (χ0n) is 5.94. The summed E-state index contributed by atoms with van der Waals surface area (Å²) in [6.45, 7) is 0. The average Bonchev–Trinajstić information content (AvgIpc) is 2.42. The molecular weight excluding hydrogens is 333 g/mol. The molecule has 0 atom stereocenters. The number of nitrogens with one attached hydrogen (secondary N) is 1. The first-order valence-electron chi connectivity index (χ1n) is 3.27. The minimum absolute atomic E-state index is 0.552. The van der Waals surface area contributed by atoms with Crippen LogP contribution in [0.2, 0.25) is 0 Å². The van der Waals surface area contributed by atoms with E-state index < -0.39 is 0 Å². The van der Waals surface area contributed by atoms with Gasteiger partial charge in [-0.05, 0) is 50.7 Å². The molecule has 0 aliphatic carbocycles. The highest BCUT2D eigenvalue weighted by Crippen LogP contribution is 2.29. The Morgan fingerprint density at radius 1 is 1.50 bits per heavy atom. The van der Waals surface area contributed by atoms with E-state index in [0.29, 0.717) is 5.82 Å². The summed E-state index contributed by atoms with van der Waals surface area (Å²) < 4.78 is 2.10. The predicted octanol–water partition coefficient (Wildman–Crippen LogP) is 2.51. The minimum atomic E-state index is 0.552. The van der Waals surface area contributed by atoms with Crippen LogP contribution in [0.15, 0.2) is 16.6 Å². The molecule has 0 amide bonds. The third-order valence-corrected chi connectivity index (χ3v) is 3.21. The van der Waals surface area contributed by atoms with Gasteiger partial charge in [-0.2, -0.15) is 5.10 Å². The summed E-state index contributed by atoms with van der Waals surface area (Å²) >= 11 is 5.65. The fourth-order valence-corrected chi connectivity index (χ4v) is 2.23. The van der Waals surface area contributed by atoms with Gasteiger partial charge in [-0.15, -0.1) is 0 Å². The molecule has 0 aliphatic heterocycles. The van der Waals surface area contributed by atoms with Crippen molar-refractivity contribution in [3.63, 3.8) is 0 Å². The van der Waals surface area contributed by atoms with E-state index >= 15 is 0 Å². The SMILES string of the molecule is Nc1n[nH]c2c(Br)ccc(I)c12. The van der Waals surface area contributed by atoms with Gasteiger partial charge < -0.3 is 5.73 Å². The van der Waals surface area contributed by atoms with E-state index in [1.807, 2.05) is 12.1 Å². The van der Waals surface area contributed by atoms with Crippen molar-refractivity contribution in [2.24, 2.45) is 0 Å². The van der Waals surface area contributed by atoms with Crippen LogP contribution in [0.25, 0.3) is 10.9 Å². The van der Waals surface area contributed by atoms with Crippen LogP contribution >= 0.6 is 38.5 Å². The second-order valence-electron chi connectivity index (χ2n) is 2.39. The van der Waals surface area contributed by atoms with Gasteiger partial charge in [-0.3, -0.25) is 5.10 Å². The summed E-state index contributed by atoms with van der Waals surface area (Å²) in [7, 11) is 0. The van der Waals surface area contributed by atoms with Gasteiger partial charge in [0, 0.05) is 8.04 Å². The molecule has 0 radical (unpaired) electrons. The van der Waals surface area contributed by atoms with Gasteiger partial charge in [0.1, 0.15) is 0 Å². The van der Waals surface area contributed by atoms with Gasteiger partial charge in [-0.1, -0.05) is 0 Å². The lowest BCUT2D eigenvalue weighted by atomic mass is 10.2. The molecule has 0 saturated heterocycles. The fourth-order valence-electron chi connectivity index (χ4n) is 1.08. The van der Waals surface area contributed by atoms with Gasteiger partial charge in [0.25, 0.3) is 0 Å². The van der Waals surface area contributed by atoms with E-state index in [1.54, 1.807) is 0 Å². The topological polar surface area (TPSA) is 54.7 Å². The summed E-state index contributed by atoms with van der Waals surface area (Å²) in [5.41, 5.74) is 6.64. The normalized spacial score (nSPS) is 10.8. The zero-order chi connectivity index (χ0) is 8.72. The predicted molar refractivity (Wildman–Crippen MR) is 60.9 cm³/mol. The Bertz CT molecular complexity index is 437. The molecule has 0 fully saturated rings. The van der Waals surface area contributed by atoms with E-state index in [9.17, 15) is 0 Å². The molecule has 5 heteroatoms. The second-order valence-corrected chi connectivity index (χ2v) is 4.40. The smallest absolute Gasteiger partial charge is 0.154 e. The summed E-state index contributed by atoms with van der Waals surface area (Å²) in [5.74, 6) is 0.552. The first-order chi connectivity index (χ1) is 5.70. The number of fused-ring (bicyclic) bond motifs is 1. The van der Waals surface area contributed by atoms with Crippen molar-refractivity contribution in [2.75, 3.05) is 5.73 Å². The Hall–Kier alpha value is -0.300. The van der Waals surface area contributed by atoms with Gasteiger partial charge in [0.2, 0.25) is 0 Å². The number of rotatable bonds is 0. The Balaban J connectivity index is 2.98. The van der Waals surface area contributed by atoms with E-state index in [2.05, 4.69) is 48.7 Å². The Kier molecular flexibility index (Phi) is 1.99. The number of H-pyrrole nitrogens is 1. The van der Waals surface area contributed by atoms with E-state index in [-0.39, 0.29) is 0 Å². The average molecular weight is 338 g/mol.